The zero-order valence-corrected chi connectivity index (χ0v) is 10.1. The fraction of sp³-hybridized carbons (Fsp3) is 0.231. The van der Waals surface area contributed by atoms with Gasteiger partial charge in [-0.3, -0.25) is 0 Å². The number of nitrogens with zero attached hydrogens (tertiary/aromatic N) is 1. The van der Waals surface area contributed by atoms with Gasteiger partial charge in [0, 0.05) is 0 Å². The molecule has 2 aromatic rings. The van der Waals surface area contributed by atoms with E-state index in [2.05, 4.69) is 9.97 Å². The summed E-state index contributed by atoms with van der Waals surface area (Å²) in [6.07, 6.45) is 2.27. The monoisotopic (exact) mass is 245 g/mol. The first-order valence-electron chi connectivity index (χ1n) is 5.72. The van der Waals surface area contributed by atoms with Crippen molar-refractivity contribution in [2.75, 3.05) is 6.54 Å². The summed E-state index contributed by atoms with van der Waals surface area (Å²) >= 11 is 0. The van der Waals surface area contributed by atoms with E-state index in [0.717, 1.165) is 6.42 Å². The Morgan fingerprint density at radius 3 is 2.67 bits per heavy atom. The van der Waals surface area contributed by atoms with E-state index in [0.29, 0.717) is 23.7 Å². The van der Waals surface area contributed by atoms with E-state index >= 15 is 0 Å². The van der Waals surface area contributed by atoms with Crippen molar-refractivity contribution >= 4 is 0 Å². The lowest BCUT2D eigenvalue weighted by atomic mass is 10.1. The number of aryl methyl sites for hydroxylation is 1. The zero-order valence-electron chi connectivity index (χ0n) is 10.1. The van der Waals surface area contributed by atoms with Crippen LogP contribution in [-0.2, 0) is 6.42 Å². The molecule has 0 unspecified atom stereocenters. The van der Waals surface area contributed by atoms with Crippen LogP contribution in [-0.4, -0.2) is 16.5 Å². The molecule has 94 valence electrons. The van der Waals surface area contributed by atoms with E-state index in [1.165, 1.54) is 11.8 Å². The Kier molecular flexibility index (Phi) is 3.74. The second-order valence-electron chi connectivity index (χ2n) is 3.96. The molecule has 3 N–H and O–H groups in total. The van der Waals surface area contributed by atoms with Crippen LogP contribution in [0.4, 0.5) is 0 Å². The van der Waals surface area contributed by atoms with Crippen LogP contribution in [0.3, 0.4) is 0 Å². The molecule has 0 radical (unpaired) electrons. The lowest BCUT2D eigenvalue weighted by Crippen LogP contribution is -2.11. The quantitative estimate of drug-likeness (QED) is 0.852. The standard InChI is InChI=1S/C13H15N3O2/c1-9-12(8-15-13(17)16-9)18-11-4-2-10(3-5-11)6-7-14/h2-5,8H,6-7,14H2,1H3,(H,15,16,17). The predicted octanol–water partition coefficient (Wildman–Crippen LogP) is 1.37. The van der Waals surface area contributed by atoms with Gasteiger partial charge in [-0.2, -0.15) is 4.98 Å². The van der Waals surface area contributed by atoms with Crippen molar-refractivity contribution in [2.45, 2.75) is 13.3 Å². The predicted molar refractivity (Wildman–Crippen MR) is 68.9 cm³/mol. The van der Waals surface area contributed by atoms with Crippen LogP contribution in [0.25, 0.3) is 0 Å². The second kappa shape index (κ2) is 5.46. The number of aromatic nitrogens is 2. The summed E-state index contributed by atoms with van der Waals surface area (Å²) in [5.41, 5.74) is 6.93. The normalized spacial score (nSPS) is 10.3. The maximum Gasteiger partial charge on any atom is 0.345 e. The van der Waals surface area contributed by atoms with Gasteiger partial charge in [0.25, 0.3) is 0 Å². The van der Waals surface area contributed by atoms with Gasteiger partial charge in [-0.05, 0) is 37.6 Å². The SMILES string of the molecule is Cc1[nH]c(=O)ncc1Oc1ccc(CCN)cc1. The molecule has 0 aliphatic rings. The Morgan fingerprint density at radius 1 is 1.33 bits per heavy atom. The molecular weight excluding hydrogens is 230 g/mol. The first-order valence-corrected chi connectivity index (χ1v) is 5.72. The molecule has 1 aromatic heterocycles. The highest BCUT2D eigenvalue weighted by molar-refractivity contribution is 5.33. The van der Waals surface area contributed by atoms with E-state index < -0.39 is 0 Å². The minimum Gasteiger partial charge on any atom is -0.454 e. The summed E-state index contributed by atoms with van der Waals surface area (Å²) in [4.78, 5) is 17.2. The van der Waals surface area contributed by atoms with Crippen LogP contribution in [0.5, 0.6) is 11.5 Å². The summed E-state index contributed by atoms with van der Waals surface area (Å²) < 4.78 is 5.63. The molecule has 2 rings (SSSR count). The fourth-order valence-electron chi connectivity index (χ4n) is 1.59. The Labute approximate surface area is 105 Å². The number of ether oxygens (including phenoxy) is 1. The lowest BCUT2D eigenvalue weighted by Gasteiger charge is -2.08. The average molecular weight is 245 g/mol. The number of nitrogens with one attached hydrogen (secondary N) is 1. The van der Waals surface area contributed by atoms with E-state index in [9.17, 15) is 4.79 Å². The molecule has 0 aliphatic carbocycles. The van der Waals surface area contributed by atoms with Crippen molar-refractivity contribution in [3.63, 3.8) is 0 Å². The smallest absolute Gasteiger partial charge is 0.345 e. The van der Waals surface area contributed by atoms with Crippen molar-refractivity contribution in [1.82, 2.24) is 9.97 Å². The third-order valence-corrected chi connectivity index (χ3v) is 2.55. The molecule has 18 heavy (non-hydrogen) atoms. The largest absolute Gasteiger partial charge is 0.454 e. The molecule has 1 heterocycles. The molecule has 0 saturated carbocycles. The second-order valence-corrected chi connectivity index (χ2v) is 3.96. The molecule has 1 aromatic carbocycles. The van der Waals surface area contributed by atoms with Gasteiger partial charge in [0.1, 0.15) is 5.75 Å². The Bertz CT molecular complexity index is 576. The number of aromatic amines is 1. The Balaban J connectivity index is 2.15. The molecule has 0 atom stereocenters. The maximum absolute atomic E-state index is 11.0. The van der Waals surface area contributed by atoms with E-state index in [1.54, 1.807) is 6.92 Å². The lowest BCUT2D eigenvalue weighted by molar-refractivity contribution is 0.471. The van der Waals surface area contributed by atoms with Crippen molar-refractivity contribution in [3.05, 3.63) is 52.2 Å². The first-order chi connectivity index (χ1) is 8.69. The molecular formula is C13H15N3O2. The first kappa shape index (κ1) is 12.3. The van der Waals surface area contributed by atoms with E-state index in [1.807, 2.05) is 24.3 Å². The summed E-state index contributed by atoms with van der Waals surface area (Å²) in [5.74, 6) is 1.24. The molecule has 0 spiro atoms. The molecule has 0 amide bonds. The van der Waals surface area contributed by atoms with Gasteiger partial charge in [-0.15, -0.1) is 0 Å². The third kappa shape index (κ3) is 2.95. The summed E-state index contributed by atoms with van der Waals surface area (Å²) in [5, 5.41) is 0. The minimum atomic E-state index is -0.377. The number of nitrogens with two attached hydrogens (primary N) is 1. The molecule has 5 nitrogen and oxygen atoms in total. The molecule has 0 aliphatic heterocycles. The summed E-state index contributed by atoms with van der Waals surface area (Å²) in [7, 11) is 0. The third-order valence-electron chi connectivity index (χ3n) is 2.55. The summed E-state index contributed by atoms with van der Waals surface area (Å²) in [6.45, 7) is 2.39. The number of benzene rings is 1. The minimum absolute atomic E-state index is 0.377. The van der Waals surface area contributed by atoms with Gasteiger partial charge in [0.05, 0.1) is 11.9 Å². The van der Waals surface area contributed by atoms with Crippen molar-refractivity contribution in [3.8, 4) is 11.5 Å². The van der Waals surface area contributed by atoms with Crippen molar-refractivity contribution < 1.29 is 4.74 Å². The highest BCUT2D eigenvalue weighted by Crippen LogP contribution is 2.22. The van der Waals surface area contributed by atoms with E-state index in [4.69, 9.17) is 10.5 Å². The zero-order chi connectivity index (χ0) is 13.0. The number of hydrogen-bond donors (Lipinski definition) is 2. The van der Waals surface area contributed by atoms with Gasteiger partial charge >= 0.3 is 5.69 Å². The number of H-pyrrole nitrogens is 1. The van der Waals surface area contributed by atoms with Gasteiger partial charge in [0.15, 0.2) is 5.75 Å². The van der Waals surface area contributed by atoms with Gasteiger partial charge in [0.2, 0.25) is 0 Å². The van der Waals surface area contributed by atoms with Gasteiger partial charge in [-0.25, -0.2) is 4.79 Å². The van der Waals surface area contributed by atoms with Gasteiger partial charge < -0.3 is 15.5 Å². The van der Waals surface area contributed by atoms with Crippen LogP contribution in [0.2, 0.25) is 0 Å². The number of hydrogen-bond acceptors (Lipinski definition) is 4. The van der Waals surface area contributed by atoms with E-state index in [-0.39, 0.29) is 5.69 Å². The molecule has 0 saturated heterocycles. The molecule has 5 heteroatoms. The number of rotatable bonds is 4. The summed E-state index contributed by atoms with van der Waals surface area (Å²) in [6, 6.07) is 7.68. The van der Waals surface area contributed by atoms with Crippen LogP contribution in [0.15, 0.2) is 35.3 Å². The average Bonchev–Trinajstić information content (AvgIpc) is 2.35. The van der Waals surface area contributed by atoms with Crippen LogP contribution >= 0.6 is 0 Å². The Hall–Kier alpha value is -2.14. The maximum atomic E-state index is 11.0. The topological polar surface area (TPSA) is 81.0 Å². The Morgan fingerprint density at radius 2 is 2.06 bits per heavy atom. The highest BCUT2D eigenvalue weighted by Gasteiger charge is 2.03. The molecule has 0 fully saturated rings. The van der Waals surface area contributed by atoms with Crippen LogP contribution < -0.4 is 16.2 Å². The van der Waals surface area contributed by atoms with Crippen molar-refractivity contribution in [2.24, 2.45) is 5.73 Å². The van der Waals surface area contributed by atoms with Crippen molar-refractivity contribution in [1.29, 1.82) is 0 Å². The van der Waals surface area contributed by atoms with Crippen LogP contribution in [0, 0.1) is 6.92 Å². The van der Waals surface area contributed by atoms with Crippen LogP contribution in [0.1, 0.15) is 11.3 Å². The highest BCUT2D eigenvalue weighted by atomic mass is 16.5. The fourth-order valence-corrected chi connectivity index (χ4v) is 1.59. The van der Waals surface area contributed by atoms with Gasteiger partial charge in [-0.1, -0.05) is 12.1 Å². The molecule has 0 bridgehead atoms.